The summed E-state index contributed by atoms with van der Waals surface area (Å²) in [5.41, 5.74) is 1.31. The van der Waals surface area contributed by atoms with Crippen LogP contribution in [0.1, 0.15) is 5.56 Å². The number of rotatable bonds is 7. The number of amides is 1. The third-order valence-corrected chi connectivity index (χ3v) is 5.06. The molecule has 1 saturated heterocycles. The van der Waals surface area contributed by atoms with Crippen molar-refractivity contribution in [3.05, 3.63) is 78.4 Å². The Labute approximate surface area is 180 Å². The molecule has 1 aliphatic rings. The van der Waals surface area contributed by atoms with Crippen molar-refractivity contribution in [1.82, 2.24) is 14.9 Å². The first-order valence-electron chi connectivity index (χ1n) is 10.2. The number of ether oxygens (including phenoxy) is 1. The minimum Gasteiger partial charge on any atom is -0.481 e. The van der Waals surface area contributed by atoms with Crippen molar-refractivity contribution in [2.24, 2.45) is 0 Å². The maximum Gasteiger partial charge on any atom is 0.263 e. The van der Waals surface area contributed by atoms with E-state index in [1.165, 1.54) is 24.0 Å². The molecule has 1 amide bonds. The molecule has 0 unspecified atom stereocenters. The number of aromatic nitrogens is 2. The standard InChI is InChI=1S/C23H24FN5O2/c24-19-8-4-5-9-20(19)31-16-23(30)27-21-14-22(26-17-25-21)29-12-10-28(11-13-29)15-18-6-2-1-3-7-18/h1-9,14,17H,10-13,15-16H2,(H,25,26,27,30). The summed E-state index contributed by atoms with van der Waals surface area (Å²) in [6.07, 6.45) is 1.43. The van der Waals surface area contributed by atoms with Gasteiger partial charge in [-0.15, -0.1) is 0 Å². The van der Waals surface area contributed by atoms with Gasteiger partial charge in [0.05, 0.1) is 0 Å². The number of para-hydroxylation sites is 1. The second kappa shape index (κ2) is 9.99. The van der Waals surface area contributed by atoms with Crippen LogP contribution in [0, 0.1) is 5.82 Å². The fraction of sp³-hybridized carbons (Fsp3) is 0.261. The second-order valence-corrected chi connectivity index (χ2v) is 7.28. The van der Waals surface area contributed by atoms with Gasteiger partial charge in [0.25, 0.3) is 5.91 Å². The molecule has 31 heavy (non-hydrogen) atoms. The quantitative estimate of drug-likeness (QED) is 0.633. The highest BCUT2D eigenvalue weighted by molar-refractivity contribution is 5.91. The summed E-state index contributed by atoms with van der Waals surface area (Å²) in [5, 5.41) is 2.68. The molecule has 3 aromatic rings. The first-order chi connectivity index (χ1) is 15.2. The van der Waals surface area contributed by atoms with Crippen LogP contribution in [0.4, 0.5) is 16.0 Å². The number of benzene rings is 2. The molecule has 2 aromatic carbocycles. The van der Waals surface area contributed by atoms with E-state index in [0.717, 1.165) is 38.5 Å². The summed E-state index contributed by atoms with van der Waals surface area (Å²) in [4.78, 5) is 25.2. The fourth-order valence-corrected chi connectivity index (χ4v) is 3.45. The fourth-order valence-electron chi connectivity index (χ4n) is 3.45. The normalized spacial score (nSPS) is 14.3. The zero-order chi connectivity index (χ0) is 21.5. The van der Waals surface area contributed by atoms with E-state index >= 15 is 0 Å². The van der Waals surface area contributed by atoms with Gasteiger partial charge in [0, 0.05) is 38.8 Å². The highest BCUT2D eigenvalue weighted by Crippen LogP contribution is 2.18. The van der Waals surface area contributed by atoms with Gasteiger partial charge in [0.15, 0.2) is 18.2 Å². The van der Waals surface area contributed by atoms with E-state index in [9.17, 15) is 9.18 Å². The first kappa shape index (κ1) is 20.7. The monoisotopic (exact) mass is 421 g/mol. The van der Waals surface area contributed by atoms with Gasteiger partial charge < -0.3 is 15.0 Å². The maximum atomic E-state index is 13.6. The summed E-state index contributed by atoms with van der Waals surface area (Å²) in [6, 6.07) is 18.1. The van der Waals surface area contributed by atoms with Crippen molar-refractivity contribution in [1.29, 1.82) is 0 Å². The second-order valence-electron chi connectivity index (χ2n) is 7.28. The topological polar surface area (TPSA) is 70.6 Å². The largest absolute Gasteiger partial charge is 0.481 e. The molecule has 0 radical (unpaired) electrons. The van der Waals surface area contributed by atoms with Gasteiger partial charge in [-0.2, -0.15) is 0 Å². The Balaban J connectivity index is 1.28. The van der Waals surface area contributed by atoms with Gasteiger partial charge >= 0.3 is 0 Å². The third kappa shape index (κ3) is 5.76. The Morgan fingerprint density at radius 3 is 2.52 bits per heavy atom. The molecule has 1 fully saturated rings. The number of hydrogen-bond donors (Lipinski definition) is 1. The average molecular weight is 421 g/mol. The maximum absolute atomic E-state index is 13.6. The number of hydrogen-bond acceptors (Lipinski definition) is 6. The predicted octanol–water partition coefficient (Wildman–Crippen LogP) is 2.96. The Bertz CT molecular complexity index is 1010. The molecule has 1 aromatic heterocycles. The number of piperazine rings is 1. The molecule has 1 aliphatic heterocycles. The van der Waals surface area contributed by atoms with Gasteiger partial charge in [0.2, 0.25) is 0 Å². The summed E-state index contributed by atoms with van der Waals surface area (Å²) in [7, 11) is 0. The molecule has 0 atom stereocenters. The summed E-state index contributed by atoms with van der Waals surface area (Å²) in [5.74, 6) is 0.263. The van der Waals surface area contributed by atoms with Crippen molar-refractivity contribution in [2.75, 3.05) is 43.0 Å². The van der Waals surface area contributed by atoms with Crippen molar-refractivity contribution in [2.45, 2.75) is 6.54 Å². The van der Waals surface area contributed by atoms with Crippen LogP contribution in [0.2, 0.25) is 0 Å². The van der Waals surface area contributed by atoms with Crippen LogP contribution in [-0.2, 0) is 11.3 Å². The van der Waals surface area contributed by atoms with Crippen LogP contribution in [-0.4, -0.2) is 53.6 Å². The van der Waals surface area contributed by atoms with E-state index in [0.29, 0.717) is 5.82 Å². The Morgan fingerprint density at radius 1 is 1.00 bits per heavy atom. The van der Waals surface area contributed by atoms with Crippen molar-refractivity contribution in [3.63, 3.8) is 0 Å². The molecule has 0 spiro atoms. The molecule has 2 heterocycles. The number of anilines is 2. The van der Waals surface area contributed by atoms with Gasteiger partial charge in [-0.25, -0.2) is 14.4 Å². The molecular formula is C23H24FN5O2. The van der Waals surface area contributed by atoms with Crippen molar-refractivity contribution >= 4 is 17.5 Å². The van der Waals surface area contributed by atoms with Crippen LogP contribution in [0.25, 0.3) is 0 Å². The lowest BCUT2D eigenvalue weighted by atomic mass is 10.2. The van der Waals surface area contributed by atoms with Crippen LogP contribution >= 0.6 is 0 Å². The first-order valence-corrected chi connectivity index (χ1v) is 10.2. The molecule has 7 nitrogen and oxygen atoms in total. The molecular weight excluding hydrogens is 397 g/mol. The van der Waals surface area contributed by atoms with Gasteiger partial charge in [0.1, 0.15) is 18.0 Å². The molecule has 1 N–H and O–H groups in total. The van der Waals surface area contributed by atoms with Crippen LogP contribution < -0.4 is 15.0 Å². The van der Waals surface area contributed by atoms with Crippen LogP contribution in [0.15, 0.2) is 67.0 Å². The van der Waals surface area contributed by atoms with E-state index in [4.69, 9.17) is 4.74 Å². The van der Waals surface area contributed by atoms with Gasteiger partial charge in [-0.1, -0.05) is 42.5 Å². The SMILES string of the molecule is O=C(COc1ccccc1F)Nc1cc(N2CCN(Cc3ccccc3)CC2)ncn1. The summed E-state index contributed by atoms with van der Waals surface area (Å²) >= 11 is 0. The Morgan fingerprint density at radius 2 is 1.74 bits per heavy atom. The summed E-state index contributed by atoms with van der Waals surface area (Å²) in [6.45, 7) is 4.16. The average Bonchev–Trinajstić information content (AvgIpc) is 2.80. The van der Waals surface area contributed by atoms with E-state index in [-0.39, 0.29) is 12.4 Å². The van der Waals surface area contributed by atoms with Crippen LogP contribution in [0.5, 0.6) is 5.75 Å². The molecule has 0 bridgehead atoms. The van der Waals surface area contributed by atoms with Gasteiger partial charge in [-0.3, -0.25) is 9.69 Å². The molecule has 0 saturated carbocycles. The Kier molecular flexibility index (Phi) is 6.68. The van der Waals surface area contributed by atoms with E-state index < -0.39 is 11.7 Å². The molecule has 8 heteroatoms. The smallest absolute Gasteiger partial charge is 0.263 e. The van der Waals surface area contributed by atoms with E-state index in [2.05, 4.69) is 49.4 Å². The zero-order valence-corrected chi connectivity index (χ0v) is 17.1. The van der Waals surface area contributed by atoms with E-state index in [1.807, 2.05) is 6.07 Å². The van der Waals surface area contributed by atoms with E-state index in [1.54, 1.807) is 18.2 Å². The lowest BCUT2D eigenvalue weighted by Crippen LogP contribution is -2.46. The molecule has 0 aliphatic carbocycles. The van der Waals surface area contributed by atoms with Crippen LogP contribution in [0.3, 0.4) is 0 Å². The minimum absolute atomic E-state index is 0.0365. The lowest BCUT2D eigenvalue weighted by molar-refractivity contribution is -0.118. The number of halogens is 1. The number of carbonyl (C=O) groups excluding carboxylic acids is 1. The zero-order valence-electron chi connectivity index (χ0n) is 17.1. The molecule has 4 rings (SSSR count). The third-order valence-electron chi connectivity index (χ3n) is 5.06. The number of nitrogens with one attached hydrogen (secondary N) is 1. The number of nitrogens with zero attached hydrogens (tertiary/aromatic N) is 4. The molecule has 160 valence electrons. The lowest BCUT2D eigenvalue weighted by Gasteiger charge is -2.35. The highest BCUT2D eigenvalue weighted by atomic mass is 19.1. The van der Waals surface area contributed by atoms with Crippen molar-refractivity contribution < 1.29 is 13.9 Å². The summed E-state index contributed by atoms with van der Waals surface area (Å²) < 4.78 is 18.8. The van der Waals surface area contributed by atoms with Gasteiger partial charge in [-0.05, 0) is 17.7 Å². The predicted molar refractivity (Wildman–Crippen MR) is 116 cm³/mol. The number of carbonyl (C=O) groups is 1. The Hall–Kier alpha value is -3.52. The highest BCUT2D eigenvalue weighted by Gasteiger charge is 2.19. The minimum atomic E-state index is -0.508. The van der Waals surface area contributed by atoms with Crippen molar-refractivity contribution in [3.8, 4) is 5.75 Å².